The van der Waals surface area contributed by atoms with E-state index in [9.17, 15) is 13.6 Å². The van der Waals surface area contributed by atoms with Gasteiger partial charge >= 0.3 is 0 Å². The molecule has 0 saturated carbocycles. The Kier molecular flexibility index (Phi) is 3.71. The van der Waals surface area contributed by atoms with Crippen molar-refractivity contribution >= 4 is 21.7 Å². The maximum absolute atomic E-state index is 12.8. The van der Waals surface area contributed by atoms with Crippen molar-refractivity contribution in [3.63, 3.8) is 0 Å². The minimum Gasteiger partial charge on any atom is -0.330 e. The molecule has 0 atom stereocenters. The lowest BCUT2D eigenvalue weighted by molar-refractivity contribution is 0.0984. The first-order chi connectivity index (χ1) is 6.56. The van der Waals surface area contributed by atoms with Crippen LogP contribution in [0.3, 0.4) is 0 Å². The second-order valence-corrected chi connectivity index (χ2v) is 3.56. The summed E-state index contributed by atoms with van der Waals surface area (Å²) in [6.45, 7) is 0.185. The Morgan fingerprint density at radius 3 is 2.50 bits per heavy atom. The van der Waals surface area contributed by atoms with Crippen molar-refractivity contribution in [2.45, 2.75) is 6.42 Å². The van der Waals surface area contributed by atoms with Gasteiger partial charge in [-0.15, -0.1) is 0 Å². The Bertz CT molecular complexity index is 368. The van der Waals surface area contributed by atoms with E-state index in [0.29, 0.717) is 0 Å². The molecule has 0 bridgehead atoms. The Balaban J connectivity index is 3.09. The predicted octanol–water partition coefficient (Wildman–Crippen LogP) is 2.26. The third-order valence-corrected chi connectivity index (χ3v) is 2.34. The van der Waals surface area contributed by atoms with Gasteiger partial charge in [-0.05, 0) is 34.6 Å². The van der Waals surface area contributed by atoms with Crippen molar-refractivity contribution in [2.24, 2.45) is 5.73 Å². The number of halogens is 3. The van der Waals surface area contributed by atoms with Gasteiger partial charge in [-0.2, -0.15) is 0 Å². The van der Waals surface area contributed by atoms with Crippen LogP contribution < -0.4 is 5.73 Å². The number of hydrogen-bond donors (Lipinski definition) is 1. The molecule has 0 unspecified atom stereocenters. The zero-order valence-electron chi connectivity index (χ0n) is 7.19. The summed E-state index contributed by atoms with van der Waals surface area (Å²) in [7, 11) is 0. The van der Waals surface area contributed by atoms with Crippen molar-refractivity contribution in [3.05, 3.63) is 33.8 Å². The molecule has 0 aromatic heterocycles. The Morgan fingerprint density at radius 2 is 1.93 bits per heavy atom. The molecular weight excluding hydrogens is 256 g/mol. The fourth-order valence-corrected chi connectivity index (χ4v) is 1.54. The second kappa shape index (κ2) is 4.61. The normalized spacial score (nSPS) is 10.3. The molecule has 0 heterocycles. The lowest BCUT2D eigenvalue weighted by atomic mass is 10.1. The smallest absolute Gasteiger partial charge is 0.165 e. The molecule has 1 rings (SSSR count). The van der Waals surface area contributed by atoms with Gasteiger partial charge in [0.25, 0.3) is 0 Å². The average Bonchev–Trinajstić information content (AvgIpc) is 2.11. The highest BCUT2D eigenvalue weighted by molar-refractivity contribution is 9.10. The van der Waals surface area contributed by atoms with Crippen LogP contribution in [0.4, 0.5) is 8.78 Å². The van der Waals surface area contributed by atoms with Crippen molar-refractivity contribution in [1.29, 1.82) is 0 Å². The SMILES string of the molecule is NCCC(=O)c1cc(F)c(F)cc1Br. The van der Waals surface area contributed by atoms with Crippen LogP contribution in [0.5, 0.6) is 0 Å². The van der Waals surface area contributed by atoms with Crippen LogP contribution in [-0.2, 0) is 0 Å². The number of carbonyl (C=O) groups excluding carboxylic acids is 1. The van der Waals surface area contributed by atoms with E-state index in [4.69, 9.17) is 5.73 Å². The van der Waals surface area contributed by atoms with Crippen LogP contribution in [-0.4, -0.2) is 12.3 Å². The molecule has 0 fully saturated rings. The zero-order valence-corrected chi connectivity index (χ0v) is 8.77. The number of rotatable bonds is 3. The highest BCUT2D eigenvalue weighted by Crippen LogP contribution is 2.21. The second-order valence-electron chi connectivity index (χ2n) is 2.71. The van der Waals surface area contributed by atoms with Gasteiger partial charge in [-0.1, -0.05) is 0 Å². The summed E-state index contributed by atoms with van der Waals surface area (Å²) in [6.07, 6.45) is 0.115. The molecule has 14 heavy (non-hydrogen) atoms. The Hall–Kier alpha value is -0.810. The molecule has 0 radical (unpaired) electrons. The molecule has 0 saturated heterocycles. The van der Waals surface area contributed by atoms with Gasteiger partial charge < -0.3 is 5.73 Å². The van der Waals surface area contributed by atoms with Crippen LogP contribution in [0.25, 0.3) is 0 Å². The summed E-state index contributed by atoms with van der Waals surface area (Å²) in [4.78, 5) is 11.3. The standard InChI is InChI=1S/C9H8BrF2NO/c10-6-4-8(12)7(11)3-5(6)9(14)1-2-13/h3-4H,1-2,13H2. The number of carbonyl (C=O) groups is 1. The lowest BCUT2D eigenvalue weighted by Gasteiger charge is -2.03. The first kappa shape index (κ1) is 11.3. The van der Waals surface area contributed by atoms with Crippen molar-refractivity contribution in [2.75, 3.05) is 6.54 Å². The van der Waals surface area contributed by atoms with E-state index in [1.807, 2.05) is 0 Å². The fourth-order valence-electron chi connectivity index (χ4n) is 1.00. The highest BCUT2D eigenvalue weighted by atomic mass is 79.9. The van der Waals surface area contributed by atoms with Crippen LogP contribution in [0.1, 0.15) is 16.8 Å². The van der Waals surface area contributed by atoms with Crippen LogP contribution >= 0.6 is 15.9 Å². The van der Waals surface area contributed by atoms with Gasteiger partial charge in [-0.25, -0.2) is 8.78 Å². The summed E-state index contributed by atoms with van der Waals surface area (Å²) in [6, 6.07) is 1.80. The molecule has 0 aliphatic carbocycles. The molecule has 76 valence electrons. The van der Waals surface area contributed by atoms with E-state index >= 15 is 0 Å². The largest absolute Gasteiger partial charge is 0.330 e. The van der Waals surface area contributed by atoms with Crippen molar-refractivity contribution in [1.82, 2.24) is 0 Å². The predicted molar refractivity (Wildman–Crippen MR) is 52.1 cm³/mol. The Labute approximate surface area is 88.2 Å². The fraction of sp³-hybridized carbons (Fsp3) is 0.222. The van der Waals surface area contributed by atoms with Gasteiger partial charge in [0.15, 0.2) is 17.4 Å². The molecule has 0 spiro atoms. The average molecular weight is 264 g/mol. The van der Waals surface area contributed by atoms with Crippen LogP contribution in [0.2, 0.25) is 0 Å². The van der Waals surface area contributed by atoms with Crippen molar-refractivity contribution in [3.8, 4) is 0 Å². The quantitative estimate of drug-likeness (QED) is 0.672. The summed E-state index contributed by atoms with van der Waals surface area (Å²) in [5, 5.41) is 0. The monoisotopic (exact) mass is 263 g/mol. The molecular formula is C9H8BrF2NO. The summed E-state index contributed by atoms with van der Waals surface area (Å²) < 4.78 is 25.7. The minimum atomic E-state index is -1.03. The maximum Gasteiger partial charge on any atom is 0.165 e. The van der Waals surface area contributed by atoms with Gasteiger partial charge in [0.2, 0.25) is 0 Å². The summed E-state index contributed by atoms with van der Waals surface area (Å²) in [5.41, 5.74) is 5.30. The van der Waals surface area contributed by atoms with Crippen LogP contribution in [0.15, 0.2) is 16.6 Å². The van der Waals surface area contributed by atoms with E-state index in [0.717, 1.165) is 12.1 Å². The zero-order chi connectivity index (χ0) is 10.7. The van der Waals surface area contributed by atoms with Gasteiger partial charge in [0.1, 0.15) is 0 Å². The van der Waals surface area contributed by atoms with Gasteiger partial charge in [0, 0.05) is 16.5 Å². The molecule has 1 aromatic carbocycles. The number of hydrogen-bond acceptors (Lipinski definition) is 2. The number of ketones is 1. The third kappa shape index (κ3) is 2.36. The van der Waals surface area contributed by atoms with E-state index in [2.05, 4.69) is 15.9 Å². The first-order valence-corrected chi connectivity index (χ1v) is 4.73. The minimum absolute atomic E-state index is 0.115. The lowest BCUT2D eigenvalue weighted by Crippen LogP contribution is -2.09. The van der Waals surface area contributed by atoms with Gasteiger partial charge in [-0.3, -0.25) is 4.79 Å². The number of nitrogens with two attached hydrogens (primary N) is 1. The molecule has 5 heteroatoms. The molecule has 0 aliphatic heterocycles. The molecule has 2 nitrogen and oxygen atoms in total. The van der Waals surface area contributed by atoms with Crippen LogP contribution in [0, 0.1) is 11.6 Å². The van der Waals surface area contributed by atoms with Gasteiger partial charge in [0.05, 0.1) is 0 Å². The maximum atomic E-state index is 12.8. The molecule has 1 aromatic rings. The first-order valence-electron chi connectivity index (χ1n) is 3.94. The highest BCUT2D eigenvalue weighted by Gasteiger charge is 2.13. The van der Waals surface area contributed by atoms with Crippen molar-refractivity contribution < 1.29 is 13.6 Å². The summed E-state index contributed by atoms with van der Waals surface area (Å²) >= 11 is 2.98. The number of Topliss-reactive ketones (excluding diaryl/α,β-unsaturated/α-hetero) is 1. The molecule has 0 amide bonds. The topological polar surface area (TPSA) is 43.1 Å². The van der Waals surface area contributed by atoms with E-state index in [1.54, 1.807) is 0 Å². The molecule has 2 N–H and O–H groups in total. The molecule has 0 aliphatic rings. The van der Waals surface area contributed by atoms with E-state index in [-0.39, 0.29) is 28.8 Å². The third-order valence-electron chi connectivity index (χ3n) is 1.68. The van der Waals surface area contributed by atoms with E-state index in [1.165, 1.54) is 0 Å². The summed E-state index contributed by atoms with van der Waals surface area (Å²) in [5.74, 6) is -2.33. The number of benzene rings is 1. The van der Waals surface area contributed by atoms with E-state index < -0.39 is 11.6 Å². The Morgan fingerprint density at radius 1 is 1.36 bits per heavy atom.